The van der Waals surface area contributed by atoms with Gasteiger partial charge in [-0.1, -0.05) is 51.8 Å². The van der Waals surface area contributed by atoms with Crippen LogP contribution in [0.25, 0.3) is 27.6 Å². The first-order valence-electron chi connectivity index (χ1n) is 8.47. The second-order valence-electron chi connectivity index (χ2n) is 6.04. The molecule has 29 heavy (non-hydrogen) atoms. The van der Waals surface area contributed by atoms with E-state index in [9.17, 15) is 4.79 Å². The van der Waals surface area contributed by atoms with Gasteiger partial charge >= 0.3 is 0 Å². The Bertz CT molecular complexity index is 1160. The van der Waals surface area contributed by atoms with Crippen molar-refractivity contribution in [3.8, 4) is 27.6 Å². The maximum atomic E-state index is 11.9. The first-order chi connectivity index (χ1) is 14.0. The molecule has 0 aliphatic carbocycles. The molecule has 4 rings (SSSR count). The number of hydrogen-bond acceptors (Lipinski definition) is 4. The third kappa shape index (κ3) is 4.53. The summed E-state index contributed by atoms with van der Waals surface area (Å²) >= 11 is 16.5. The number of amides is 1. The molecule has 9 heteroatoms. The molecule has 2 aromatic heterocycles. The number of alkyl halides is 1. The predicted octanol–water partition coefficient (Wildman–Crippen LogP) is 6.26. The minimum absolute atomic E-state index is 0.149. The number of aromatic nitrogens is 3. The highest BCUT2D eigenvalue weighted by molar-refractivity contribution is 9.10. The number of rotatable bonds is 5. The Morgan fingerprint density at radius 3 is 2.41 bits per heavy atom. The summed E-state index contributed by atoms with van der Waals surface area (Å²) in [6, 6.07) is 17.0. The molecule has 0 unspecified atom stereocenters. The fourth-order valence-electron chi connectivity index (χ4n) is 2.67. The van der Waals surface area contributed by atoms with Crippen LogP contribution in [0.2, 0.25) is 5.02 Å². The van der Waals surface area contributed by atoms with Gasteiger partial charge in [0.05, 0.1) is 11.4 Å². The Balaban J connectivity index is 1.74. The molecule has 0 spiro atoms. The van der Waals surface area contributed by atoms with E-state index < -0.39 is 0 Å². The number of carbonyl (C=O) groups excluding carboxylic acids is 1. The fourth-order valence-corrected chi connectivity index (χ4v) is 3.92. The van der Waals surface area contributed by atoms with Crippen LogP contribution in [-0.4, -0.2) is 26.6 Å². The molecule has 146 valence electrons. The van der Waals surface area contributed by atoms with Crippen molar-refractivity contribution in [2.75, 3.05) is 11.2 Å². The zero-order chi connectivity index (χ0) is 20.4. The van der Waals surface area contributed by atoms with Crippen LogP contribution in [0.1, 0.15) is 0 Å². The second kappa shape index (κ2) is 8.67. The Labute approximate surface area is 189 Å². The number of thiazole rings is 1. The molecular formula is C20H13BrCl2N4OS. The van der Waals surface area contributed by atoms with Crippen molar-refractivity contribution in [1.82, 2.24) is 14.8 Å². The van der Waals surface area contributed by atoms with Gasteiger partial charge < -0.3 is 5.32 Å². The molecule has 0 aliphatic rings. The van der Waals surface area contributed by atoms with Gasteiger partial charge in [0, 0.05) is 32.1 Å². The van der Waals surface area contributed by atoms with E-state index in [1.807, 2.05) is 41.8 Å². The molecule has 1 amide bonds. The minimum Gasteiger partial charge on any atom is -0.309 e. The molecule has 2 aromatic carbocycles. The summed E-state index contributed by atoms with van der Waals surface area (Å²) < 4.78 is 2.61. The number of carbonyl (C=O) groups is 1. The van der Waals surface area contributed by atoms with Gasteiger partial charge in [-0.05, 0) is 24.3 Å². The standard InChI is InChI=1S/C20H13BrCl2N4OS/c21-14-5-1-13(2-6-14)17-11-29-20(24-17)27-18(25-19(28)10-22)9-16(26-27)12-3-7-15(23)8-4-12/h1-9,11H,10H2,(H,25,28). The topological polar surface area (TPSA) is 59.8 Å². The highest BCUT2D eigenvalue weighted by Gasteiger charge is 2.16. The van der Waals surface area contributed by atoms with Gasteiger partial charge in [0.1, 0.15) is 11.7 Å². The summed E-state index contributed by atoms with van der Waals surface area (Å²) in [5.74, 6) is 0.0289. The lowest BCUT2D eigenvalue weighted by molar-refractivity contribution is -0.114. The van der Waals surface area contributed by atoms with Gasteiger partial charge in [-0.25, -0.2) is 4.98 Å². The van der Waals surface area contributed by atoms with Crippen LogP contribution in [0.3, 0.4) is 0 Å². The predicted molar refractivity (Wildman–Crippen MR) is 122 cm³/mol. The van der Waals surface area contributed by atoms with Crippen LogP contribution >= 0.6 is 50.5 Å². The number of hydrogen-bond donors (Lipinski definition) is 1. The van der Waals surface area contributed by atoms with E-state index in [1.54, 1.807) is 22.9 Å². The summed E-state index contributed by atoms with van der Waals surface area (Å²) in [4.78, 5) is 16.6. The van der Waals surface area contributed by atoms with Gasteiger partial charge in [-0.2, -0.15) is 9.78 Å². The van der Waals surface area contributed by atoms with Gasteiger partial charge in [0.25, 0.3) is 0 Å². The molecule has 0 aliphatic heterocycles. The Kier molecular flexibility index (Phi) is 6.01. The zero-order valence-corrected chi connectivity index (χ0v) is 18.7. The monoisotopic (exact) mass is 506 g/mol. The van der Waals surface area contributed by atoms with Gasteiger partial charge in [0.15, 0.2) is 0 Å². The average Bonchev–Trinajstić information content (AvgIpc) is 3.36. The smallest absolute Gasteiger partial charge is 0.240 e. The van der Waals surface area contributed by atoms with Crippen LogP contribution in [0.15, 0.2) is 64.5 Å². The van der Waals surface area contributed by atoms with Crippen LogP contribution in [0, 0.1) is 0 Å². The van der Waals surface area contributed by atoms with Crippen LogP contribution in [-0.2, 0) is 4.79 Å². The molecule has 4 aromatic rings. The largest absolute Gasteiger partial charge is 0.309 e. The molecular weight excluding hydrogens is 495 g/mol. The summed E-state index contributed by atoms with van der Waals surface area (Å²) in [5, 5.41) is 10.7. The highest BCUT2D eigenvalue weighted by Crippen LogP contribution is 2.30. The van der Waals surface area contributed by atoms with E-state index in [2.05, 4.69) is 26.3 Å². The van der Waals surface area contributed by atoms with Crippen LogP contribution in [0.5, 0.6) is 0 Å². The quantitative estimate of drug-likeness (QED) is 0.324. The number of nitrogens with one attached hydrogen (secondary N) is 1. The zero-order valence-electron chi connectivity index (χ0n) is 14.8. The third-order valence-corrected chi connectivity index (χ3v) is 5.89. The van der Waals surface area contributed by atoms with Gasteiger partial charge in [-0.3, -0.25) is 4.79 Å². The molecule has 1 N–H and O–H groups in total. The van der Waals surface area contributed by atoms with Crippen molar-refractivity contribution >= 4 is 62.2 Å². The molecule has 0 saturated heterocycles. The summed E-state index contributed by atoms with van der Waals surface area (Å²) in [6.07, 6.45) is 0. The lowest BCUT2D eigenvalue weighted by atomic mass is 10.1. The van der Waals surface area contributed by atoms with Crippen molar-refractivity contribution in [1.29, 1.82) is 0 Å². The minimum atomic E-state index is -0.319. The first kappa shape index (κ1) is 20.1. The van der Waals surface area contributed by atoms with Crippen molar-refractivity contribution in [3.63, 3.8) is 0 Å². The third-order valence-electron chi connectivity index (χ3n) is 4.05. The highest BCUT2D eigenvalue weighted by atomic mass is 79.9. The lowest BCUT2D eigenvalue weighted by Gasteiger charge is -2.04. The average molecular weight is 508 g/mol. The molecule has 5 nitrogen and oxygen atoms in total. The van der Waals surface area contributed by atoms with E-state index in [0.29, 0.717) is 21.7 Å². The van der Waals surface area contributed by atoms with Crippen LogP contribution in [0.4, 0.5) is 5.82 Å². The number of nitrogens with zero attached hydrogens (tertiary/aromatic N) is 3. The molecule has 0 fully saturated rings. The van der Waals surface area contributed by atoms with Gasteiger partial charge in [-0.15, -0.1) is 22.9 Å². The number of benzene rings is 2. The Morgan fingerprint density at radius 1 is 1.07 bits per heavy atom. The molecule has 0 atom stereocenters. The van der Waals surface area contributed by atoms with Crippen molar-refractivity contribution in [3.05, 3.63) is 69.5 Å². The van der Waals surface area contributed by atoms with E-state index in [-0.39, 0.29) is 11.8 Å². The van der Waals surface area contributed by atoms with E-state index in [1.165, 1.54) is 11.3 Å². The second-order valence-corrected chi connectivity index (χ2v) is 8.49. The summed E-state index contributed by atoms with van der Waals surface area (Å²) in [5.41, 5.74) is 3.38. The number of halogens is 3. The van der Waals surface area contributed by atoms with E-state index >= 15 is 0 Å². The maximum Gasteiger partial charge on any atom is 0.240 e. The number of anilines is 1. The van der Waals surface area contributed by atoms with E-state index in [0.717, 1.165) is 21.3 Å². The molecule has 0 saturated carbocycles. The van der Waals surface area contributed by atoms with Crippen LogP contribution < -0.4 is 5.32 Å². The lowest BCUT2D eigenvalue weighted by Crippen LogP contribution is -2.15. The van der Waals surface area contributed by atoms with Crippen molar-refractivity contribution in [2.24, 2.45) is 0 Å². The first-order valence-corrected chi connectivity index (χ1v) is 11.1. The maximum absolute atomic E-state index is 11.9. The van der Waals surface area contributed by atoms with Gasteiger partial charge in [0.2, 0.25) is 11.0 Å². The molecule has 0 bridgehead atoms. The van der Waals surface area contributed by atoms with Crippen molar-refractivity contribution < 1.29 is 4.79 Å². The van der Waals surface area contributed by atoms with E-state index in [4.69, 9.17) is 28.2 Å². The Morgan fingerprint density at radius 2 is 1.72 bits per heavy atom. The fraction of sp³-hybridized carbons (Fsp3) is 0.0500. The normalized spacial score (nSPS) is 10.9. The summed E-state index contributed by atoms with van der Waals surface area (Å²) in [7, 11) is 0. The van der Waals surface area contributed by atoms with Crippen molar-refractivity contribution in [2.45, 2.75) is 0 Å². The molecule has 0 radical (unpaired) electrons. The SMILES string of the molecule is O=C(CCl)Nc1cc(-c2ccc(Cl)cc2)nn1-c1nc(-c2ccc(Br)cc2)cs1. The Hall–Kier alpha value is -2.19. The summed E-state index contributed by atoms with van der Waals surface area (Å²) in [6.45, 7) is 0. The molecule has 2 heterocycles.